The zero-order chi connectivity index (χ0) is 28.8. The van der Waals surface area contributed by atoms with Crippen molar-refractivity contribution in [1.82, 2.24) is 14.7 Å². The topological polar surface area (TPSA) is 64.1 Å². The summed E-state index contributed by atoms with van der Waals surface area (Å²) in [6.45, 7) is 17.6. The second-order valence-electron chi connectivity index (χ2n) is 14.7. The summed E-state index contributed by atoms with van der Waals surface area (Å²) < 4.78 is 0. The van der Waals surface area contributed by atoms with Crippen LogP contribution in [0, 0.1) is 16.7 Å². The van der Waals surface area contributed by atoms with E-state index in [1.54, 1.807) is 0 Å². The minimum atomic E-state index is -0.831. The summed E-state index contributed by atoms with van der Waals surface area (Å²) in [5, 5.41) is 10.7. The Morgan fingerprint density at radius 3 is 2.15 bits per heavy atom. The van der Waals surface area contributed by atoms with Gasteiger partial charge in [-0.2, -0.15) is 0 Å². The molecule has 39 heavy (non-hydrogen) atoms. The Labute approximate surface area is 241 Å². The van der Waals surface area contributed by atoms with Gasteiger partial charge in [0.15, 0.2) is 0 Å². The van der Waals surface area contributed by atoms with E-state index in [-0.39, 0.29) is 47.9 Å². The summed E-state index contributed by atoms with van der Waals surface area (Å²) in [5.74, 6) is 0.202. The maximum Gasteiger partial charge on any atom is 0.231 e. The number of rotatable bonds is 6. The van der Waals surface area contributed by atoms with Gasteiger partial charge in [-0.3, -0.25) is 14.5 Å². The third-order valence-electron chi connectivity index (χ3n) is 9.66. The molecular formula is C32H50ClN3O3. The van der Waals surface area contributed by atoms with Gasteiger partial charge in [0, 0.05) is 48.7 Å². The molecule has 6 nitrogen and oxygen atoms in total. The normalized spacial score (nSPS) is 26.7. The van der Waals surface area contributed by atoms with Gasteiger partial charge in [0.25, 0.3) is 0 Å². The lowest BCUT2D eigenvalue weighted by Gasteiger charge is -2.45. The quantitative estimate of drug-likeness (QED) is 0.495. The van der Waals surface area contributed by atoms with Gasteiger partial charge >= 0.3 is 0 Å². The number of nitrogens with zero attached hydrogens (tertiary/aromatic N) is 3. The van der Waals surface area contributed by atoms with Gasteiger partial charge in [-0.1, -0.05) is 37.6 Å². The van der Waals surface area contributed by atoms with Crippen LogP contribution in [0.3, 0.4) is 0 Å². The maximum absolute atomic E-state index is 14.2. The fourth-order valence-corrected chi connectivity index (χ4v) is 6.89. The SMILES string of the molecule is CC1(C)CCC(N(C(=O)C(C)(C)CO)C2CCN(C(=O)[C@@H]3CN(C(C)(C)C)C[C@H]3c3ccc(Cl)cc3)C2)CC1. The van der Waals surface area contributed by atoms with E-state index in [0.717, 1.165) is 50.8 Å². The van der Waals surface area contributed by atoms with Crippen LogP contribution in [0.4, 0.5) is 0 Å². The Hall–Kier alpha value is -1.63. The van der Waals surface area contributed by atoms with Gasteiger partial charge in [0.05, 0.1) is 24.0 Å². The number of likely N-dealkylation sites (tertiary alicyclic amines) is 2. The number of benzene rings is 1. The fourth-order valence-electron chi connectivity index (χ4n) is 6.76. The Morgan fingerprint density at radius 2 is 1.59 bits per heavy atom. The Balaban J connectivity index is 1.54. The van der Waals surface area contributed by atoms with Crippen LogP contribution in [0.5, 0.6) is 0 Å². The van der Waals surface area contributed by atoms with E-state index >= 15 is 0 Å². The molecular weight excluding hydrogens is 510 g/mol. The van der Waals surface area contributed by atoms with Crippen molar-refractivity contribution in [2.75, 3.05) is 32.8 Å². The standard InChI is InChI=1S/C32H50ClN3O3/c1-30(2,3)35-19-26(22-8-10-23(33)11-9-22)27(20-35)28(38)34-17-14-25(18-34)36(29(39)32(6,7)21-37)24-12-15-31(4,5)16-13-24/h8-11,24-27,37H,12-21H2,1-7H3/t25?,26-,27+/m0/s1. The summed E-state index contributed by atoms with van der Waals surface area (Å²) in [4.78, 5) is 34.5. The molecule has 1 aromatic carbocycles. The van der Waals surface area contributed by atoms with Gasteiger partial charge in [-0.15, -0.1) is 0 Å². The molecule has 218 valence electrons. The fraction of sp³-hybridized carbons (Fsp3) is 0.750. The number of carbonyl (C=O) groups excluding carboxylic acids is 2. The van der Waals surface area contributed by atoms with Crippen LogP contribution in [0.1, 0.15) is 92.1 Å². The lowest BCUT2D eigenvalue weighted by molar-refractivity contribution is -0.149. The van der Waals surface area contributed by atoms with Crippen LogP contribution in [-0.2, 0) is 9.59 Å². The second kappa shape index (κ2) is 11.3. The second-order valence-corrected chi connectivity index (χ2v) is 15.2. The van der Waals surface area contributed by atoms with Crippen molar-refractivity contribution in [2.24, 2.45) is 16.7 Å². The number of hydrogen-bond acceptors (Lipinski definition) is 4. The van der Waals surface area contributed by atoms with E-state index in [0.29, 0.717) is 23.5 Å². The van der Waals surface area contributed by atoms with Crippen LogP contribution in [0.15, 0.2) is 24.3 Å². The highest BCUT2D eigenvalue weighted by Gasteiger charge is 2.47. The van der Waals surface area contributed by atoms with Crippen LogP contribution < -0.4 is 0 Å². The molecule has 2 amide bonds. The monoisotopic (exact) mass is 559 g/mol. The third kappa shape index (κ3) is 6.65. The van der Waals surface area contributed by atoms with Crippen molar-refractivity contribution in [1.29, 1.82) is 0 Å². The molecule has 1 unspecified atom stereocenters. The zero-order valence-corrected chi connectivity index (χ0v) is 25.9. The molecule has 0 aromatic heterocycles. The summed E-state index contributed by atoms with van der Waals surface area (Å²) >= 11 is 6.18. The number of amides is 2. The molecule has 7 heteroatoms. The van der Waals surface area contributed by atoms with E-state index in [4.69, 9.17) is 11.6 Å². The minimum Gasteiger partial charge on any atom is -0.395 e. The number of aliphatic hydroxyl groups is 1. The number of hydrogen-bond donors (Lipinski definition) is 1. The average Bonchev–Trinajstić information content (AvgIpc) is 3.53. The van der Waals surface area contributed by atoms with E-state index in [1.807, 2.05) is 30.9 Å². The lowest BCUT2D eigenvalue weighted by atomic mass is 9.74. The van der Waals surface area contributed by atoms with Crippen molar-refractivity contribution in [3.8, 4) is 0 Å². The van der Waals surface area contributed by atoms with Crippen molar-refractivity contribution < 1.29 is 14.7 Å². The van der Waals surface area contributed by atoms with E-state index in [2.05, 4.69) is 56.6 Å². The molecule has 2 aliphatic heterocycles. The largest absolute Gasteiger partial charge is 0.395 e. The summed E-state index contributed by atoms with van der Waals surface area (Å²) in [7, 11) is 0. The highest BCUT2D eigenvalue weighted by Crippen LogP contribution is 2.41. The van der Waals surface area contributed by atoms with Crippen LogP contribution in [0.25, 0.3) is 0 Å². The molecule has 3 atom stereocenters. The predicted molar refractivity (Wildman–Crippen MR) is 158 cm³/mol. The molecule has 0 bridgehead atoms. The van der Waals surface area contributed by atoms with Crippen LogP contribution in [-0.4, -0.2) is 82.0 Å². The Kier molecular flexibility index (Phi) is 8.81. The smallest absolute Gasteiger partial charge is 0.231 e. The molecule has 0 radical (unpaired) electrons. The highest BCUT2D eigenvalue weighted by molar-refractivity contribution is 6.30. The van der Waals surface area contributed by atoms with Crippen molar-refractivity contribution in [3.05, 3.63) is 34.9 Å². The van der Waals surface area contributed by atoms with E-state index < -0.39 is 5.41 Å². The Bertz CT molecular complexity index is 1020. The van der Waals surface area contributed by atoms with Gasteiger partial charge in [-0.25, -0.2) is 0 Å². The molecule has 0 spiro atoms. The first-order chi connectivity index (χ1) is 18.1. The molecule has 3 fully saturated rings. The molecule has 1 saturated carbocycles. The molecule has 1 N–H and O–H groups in total. The first kappa shape index (κ1) is 30.3. The highest BCUT2D eigenvalue weighted by atomic mass is 35.5. The lowest BCUT2D eigenvalue weighted by Crippen LogP contribution is -2.55. The summed E-state index contributed by atoms with van der Waals surface area (Å²) in [6, 6.07) is 8.13. The average molecular weight is 560 g/mol. The maximum atomic E-state index is 14.2. The van der Waals surface area contributed by atoms with Gasteiger partial charge in [0.1, 0.15) is 0 Å². The van der Waals surface area contributed by atoms with Gasteiger partial charge in [-0.05, 0) is 89.8 Å². The number of aliphatic hydroxyl groups excluding tert-OH is 1. The van der Waals surface area contributed by atoms with E-state index in [1.165, 1.54) is 0 Å². The van der Waals surface area contributed by atoms with Crippen molar-refractivity contribution in [3.63, 3.8) is 0 Å². The molecule has 2 saturated heterocycles. The zero-order valence-electron chi connectivity index (χ0n) is 25.2. The predicted octanol–water partition coefficient (Wildman–Crippen LogP) is 5.57. The molecule has 1 aromatic rings. The minimum absolute atomic E-state index is 0.00686. The molecule has 3 aliphatic rings. The summed E-state index contributed by atoms with van der Waals surface area (Å²) in [6.07, 6.45) is 4.92. The third-order valence-corrected chi connectivity index (χ3v) is 9.92. The van der Waals surface area contributed by atoms with Gasteiger partial charge < -0.3 is 14.9 Å². The first-order valence-electron chi connectivity index (χ1n) is 14.9. The van der Waals surface area contributed by atoms with Crippen molar-refractivity contribution >= 4 is 23.4 Å². The van der Waals surface area contributed by atoms with Crippen molar-refractivity contribution in [2.45, 2.75) is 104 Å². The molecule has 4 rings (SSSR count). The molecule has 1 aliphatic carbocycles. The first-order valence-corrected chi connectivity index (χ1v) is 15.2. The van der Waals surface area contributed by atoms with E-state index in [9.17, 15) is 14.7 Å². The summed E-state index contributed by atoms with van der Waals surface area (Å²) in [5.41, 5.74) is 0.601. The number of halogens is 1. The van der Waals surface area contributed by atoms with Crippen LogP contribution >= 0.6 is 11.6 Å². The Morgan fingerprint density at radius 1 is 0.974 bits per heavy atom. The van der Waals surface area contributed by atoms with Gasteiger partial charge in [0.2, 0.25) is 11.8 Å². The van der Waals surface area contributed by atoms with Crippen LogP contribution in [0.2, 0.25) is 5.02 Å². The number of carbonyl (C=O) groups is 2. The molecule has 2 heterocycles.